The van der Waals surface area contributed by atoms with Crippen LogP contribution in [-0.2, 0) is 13.0 Å². The Kier molecular flexibility index (Phi) is 6.19. The zero-order valence-corrected chi connectivity index (χ0v) is 15.7. The molecule has 0 unspecified atom stereocenters. The molecule has 1 heterocycles. The number of guanidine groups is 1. The fourth-order valence-electron chi connectivity index (χ4n) is 2.17. The number of anilines is 1. The summed E-state index contributed by atoms with van der Waals surface area (Å²) in [4.78, 5) is 8.98. The maximum Gasteiger partial charge on any atom is 0.193 e. The van der Waals surface area contributed by atoms with Crippen LogP contribution < -0.4 is 11.1 Å². The van der Waals surface area contributed by atoms with Gasteiger partial charge in [-0.05, 0) is 37.0 Å². The fourth-order valence-corrected chi connectivity index (χ4v) is 2.97. The lowest BCUT2D eigenvalue weighted by Crippen LogP contribution is -2.22. The van der Waals surface area contributed by atoms with E-state index in [1.165, 1.54) is 24.1 Å². The maximum absolute atomic E-state index is 5.94. The van der Waals surface area contributed by atoms with Crippen molar-refractivity contribution in [2.45, 2.75) is 38.6 Å². The number of thiazole rings is 1. The van der Waals surface area contributed by atoms with Gasteiger partial charge >= 0.3 is 0 Å². The number of nitrogens with zero attached hydrogens (tertiary/aromatic N) is 2. The fraction of sp³-hybridized carbons (Fsp3) is 0.375. The van der Waals surface area contributed by atoms with E-state index < -0.39 is 0 Å². The zero-order valence-electron chi connectivity index (χ0n) is 12.6. The standard InChI is InChI=1S/C16H20N4S.HI/c1-2-11-4-3-5-13(8-11)19-16(17)18-9-15-20-14(10-21-15)12-6-7-12;/h3-5,8,10,12H,2,6-7,9H2,1H3,(H3,17,18,19);1H. The van der Waals surface area contributed by atoms with Gasteiger partial charge in [0.15, 0.2) is 5.96 Å². The highest BCUT2D eigenvalue weighted by atomic mass is 127. The molecule has 2 aromatic rings. The number of aromatic nitrogens is 1. The molecular formula is C16H21IN4S. The molecule has 4 nitrogen and oxygen atoms in total. The highest BCUT2D eigenvalue weighted by Gasteiger charge is 2.25. The molecule has 0 saturated heterocycles. The monoisotopic (exact) mass is 428 g/mol. The molecule has 6 heteroatoms. The third kappa shape index (κ3) is 4.67. The molecule has 0 bridgehead atoms. The normalized spacial score (nSPS) is 14.5. The second-order valence-electron chi connectivity index (χ2n) is 5.32. The Hall–Kier alpha value is -1.15. The summed E-state index contributed by atoms with van der Waals surface area (Å²) >= 11 is 1.67. The van der Waals surface area contributed by atoms with E-state index in [0.717, 1.165) is 17.1 Å². The lowest BCUT2D eigenvalue weighted by Gasteiger charge is -2.06. The van der Waals surface area contributed by atoms with Gasteiger partial charge in [0.05, 0.1) is 12.2 Å². The summed E-state index contributed by atoms with van der Waals surface area (Å²) in [6, 6.07) is 8.22. The Morgan fingerprint density at radius 3 is 3.00 bits per heavy atom. The Bertz CT molecular complexity index is 649. The molecule has 1 aromatic heterocycles. The smallest absolute Gasteiger partial charge is 0.193 e. The van der Waals surface area contributed by atoms with Crippen LogP contribution in [0, 0.1) is 0 Å². The minimum atomic E-state index is 0. The second-order valence-corrected chi connectivity index (χ2v) is 6.26. The van der Waals surface area contributed by atoms with E-state index in [4.69, 9.17) is 5.73 Å². The molecule has 3 rings (SSSR count). The zero-order chi connectivity index (χ0) is 14.7. The molecule has 1 fully saturated rings. The summed E-state index contributed by atoms with van der Waals surface area (Å²) in [5.74, 6) is 1.14. The first-order valence-corrected chi connectivity index (χ1v) is 8.22. The van der Waals surface area contributed by atoms with Gasteiger partial charge in [0, 0.05) is 17.0 Å². The highest BCUT2D eigenvalue weighted by Crippen LogP contribution is 2.40. The number of halogens is 1. The van der Waals surface area contributed by atoms with Crippen molar-refractivity contribution < 1.29 is 0 Å². The van der Waals surface area contributed by atoms with E-state index >= 15 is 0 Å². The summed E-state index contributed by atoms with van der Waals surface area (Å²) < 4.78 is 0. The van der Waals surface area contributed by atoms with Crippen LogP contribution in [0.25, 0.3) is 0 Å². The van der Waals surface area contributed by atoms with Crippen LogP contribution in [0.1, 0.15) is 41.9 Å². The van der Waals surface area contributed by atoms with Crippen molar-refractivity contribution in [3.63, 3.8) is 0 Å². The first-order chi connectivity index (χ1) is 10.2. The van der Waals surface area contributed by atoms with Crippen LogP contribution in [0.4, 0.5) is 5.69 Å². The number of aliphatic imine (C=N–C) groups is 1. The molecule has 1 saturated carbocycles. The molecule has 0 atom stereocenters. The highest BCUT2D eigenvalue weighted by molar-refractivity contribution is 14.0. The topological polar surface area (TPSA) is 63.3 Å². The number of aryl methyl sites for hydroxylation is 1. The number of nitrogens with one attached hydrogen (secondary N) is 1. The SMILES string of the molecule is CCc1cccc(NC(N)=NCc2nc(C3CC3)cs2)c1.I. The van der Waals surface area contributed by atoms with Crippen LogP contribution in [0.15, 0.2) is 34.6 Å². The van der Waals surface area contributed by atoms with E-state index in [-0.39, 0.29) is 24.0 Å². The predicted molar refractivity (Wildman–Crippen MR) is 104 cm³/mol. The van der Waals surface area contributed by atoms with Crippen molar-refractivity contribution in [3.05, 3.63) is 45.9 Å². The molecule has 1 aliphatic carbocycles. The Morgan fingerprint density at radius 2 is 2.27 bits per heavy atom. The maximum atomic E-state index is 5.94. The number of hydrogen-bond donors (Lipinski definition) is 2. The summed E-state index contributed by atoms with van der Waals surface area (Å²) in [6.07, 6.45) is 3.57. The molecule has 118 valence electrons. The molecule has 0 spiro atoms. The van der Waals surface area contributed by atoms with Gasteiger partial charge in [0.2, 0.25) is 0 Å². The van der Waals surface area contributed by atoms with E-state index in [1.54, 1.807) is 11.3 Å². The minimum Gasteiger partial charge on any atom is -0.370 e. The van der Waals surface area contributed by atoms with Gasteiger partial charge < -0.3 is 11.1 Å². The first kappa shape index (κ1) is 17.2. The van der Waals surface area contributed by atoms with Crippen LogP contribution in [0.2, 0.25) is 0 Å². The van der Waals surface area contributed by atoms with E-state index in [1.807, 2.05) is 12.1 Å². The van der Waals surface area contributed by atoms with E-state index in [2.05, 4.69) is 39.7 Å². The quantitative estimate of drug-likeness (QED) is 0.428. The molecule has 1 aromatic carbocycles. The Balaban J connectivity index is 0.00000176. The Morgan fingerprint density at radius 1 is 1.45 bits per heavy atom. The van der Waals surface area contributed by atoms with Crippen molar-refractivity contribution in [3.8, 4) is 0 Å². The minimum absolute atomic E-state index is 0. The first-order valence-electron chi connectivity index (χ1n) is 7.34. The number of nitrogens with two attached hydrogens (primary N) is 1. The van der Waals surface area contributed by atoms with Gasteiger partial charge in [-0.25, -0.2) is 9.98 Å². The van der Waals surface area contributed by atoms with Crippen LogP contribution in [-0.4, -0.2) is 10.9 Å². The predicted octanol–water partition coefficient (Wildman–Crippen LogP) is 4.13. The average molecular weight is 428 g/mol. The van der Waals surface area contributed by atoms with Gasteiger partial charge in [0.1, 0.15) is 5.01 Å². The average Bonchev–Trinajstić information content (AvgIpc) is 3.24. The summed E-state index contributed by atoms with van der Waals surface area (Å²) in [5, 5.41) is 6.31. The number of rotatable bonds is 5. The van der Waals surface area contributed by atoms with Gasteiger partial charge in [-0.2, -0.15) is 0 Å². The third-order valence-corrected chi connectivity index (χ3v) is 4.41. The number of hydrogen-bond acceptors (Lipinski definition) is 3. The van der Waals surface area contributed by atoms with Crippen LogP contribution in [0.5, 0.6) is 0 Å². The lowest BCUT2D eigenvalue weighted by atomic mass is 10.1. The van der Waals surface area contributed by atoms with Crippen LogP contribution >= 0.6 is 35.3 Å². The van der Waals surface area contributed by atoms with Crippen molar-refractivity contribution in [2.24, 2.45) is 10.7 Å². The molecule has 0 aliphatic heterocycles. The van der Waals surface area contributed by atoms with Crippen molar-refractivity contribution in [1.82, 2.24) is 4.98 Å². The second kappa shape index (κ2) is 7.92. The number of benzene rings is 1. The molecular weight excluding hydrogens is 407 g/mol. The van der Waals surface area contributed by atoms with Crippen molar-refractivity contribution >= 4 is 47.0 Å². The van der Waals surface area contributed by atoms with Gasteiger partial charge in [-0.3, -0.25) is 0 Å². The van der Waals surface area contributed by atoms with Crippen molar-refractivity contribution in [2.75, 3.05) is 5.32 Å². The van der Waals surface area contributed by atoms with Crippen LogP contribution in [0.3, 0.4) is 0 Å². The summed E-state index contributed by atoms with van der Waals surface area (Å²) in [6.45, 7) is 2.68. The lowest BCUT2D eigenvalue weighted by molar-refractivity contribution is 0.970. The summed E-state index contributed by atoms with van der Waals surface area (Å²) in [7, 11) is 0. The van der Waals surface area contributed by atoms with Crippen molar-refractivity contribution in [1.29, 1.82) is 0 Å². The van der Waals surface area contributed by atoms with E-state index in [0.29, 0.717) is 18.4 Å². The largest absolute Gasteiger partial charge is 0.370 e. The van der Waals surface area contributed by atoms with Gasteiger partial charge in [0.25, 0.3) is 0 Å². The molecule has 1 aliphatic rings. The molecule has 22 heavy (non-hydrogen) atoms. The van der Waals surface area contributed by atoms with Gasteiger partial charge in [-0.1, -0.05) is 19.1 Å². The molecule has 3 N–H and O–H groups in total. The Labute approximate surface area is 152 Å². The molecule has 0 amide bonds. The summed E-state index contributed by atoms with van der Waals surface area (Å²) in [5.41, 5.74) is 9.43. The van der Waals surface area contributed by atoms with Gasteiger partial charge in [-0.15, -0.1) is 35.3 Å². The molecule has 0 radical (unpaired) electrons. The third-order valence-electron chi connectivity index (χ3n) is 3.56. The van der Waals surface area contributed by atoms with E-state index in [9.17, 15) is 0 Å².